The van der Waals surface area contributed by atoms with Crippen molar-refractivity contribution in [3.05, 3.63) is 95.0 Å². The molecular weight excluding hydrogens is 428 g/mol. The largest absolute Gasteiger partial charge is 0.439 e. The monoisotopic (exact) mass is 444 g/mol. The van der Waals surface area contributed by atoms with Crippen LogP contribution in [0.1, 0.15) is 17.3 Å². The lowest BCUT2D eigenvalue weighted by atomic mass is 10.1. The smallest absolute Gasteiger partial charge is 0.223 e. The van der Waals surface area contributed by atoms with Gasteiger partial charge in [-0.1, -0.05) is 58.4 Å². The third-order valence-electron chi connectivity index (χ3n) is 4.36. The lowest BCUT2D eigenvalue weighted by Crippen LogP contribution is -1.97. The van der Waals surface area contributed by atoms with Gasteiger partial charge in [0.1, 0.15) is 5.75 Å². The number of hydrogen-bond acceptors (Lipinski definition) is 4. The van der Waals surface area contributed by atoms with Gasteiger partial charge in [-0.2, -0.15) is 4.98 Å². The third-order valence-corrected chi connectivity index (χ3v) is 4.89. The highest BCUT2D eigenvalue weighted by molar-refractivity contribution is 9.10. The van der Waals surface area contributed by atoms with Crippen molar-refractivity contribution in [2.45, 2.75) is 6.92 Å². The van der Waals surface area contributed by atoms with E-state index in [0.29, 0.717) is 23.0 Å². The summed E-state index contributed by atoms with van der Waals surface area (Å²) in [6.07, 6.45) is 0. The lowest BCUT2D eigenvalue weighted by molar-refractivity contribution is 0.101. The van der Waals surface area contributed by atoms with Crippen LogP contribution in [0.5, 0.6) is 11.6 Å². The van der Waals surface area contributed by atoms with Gasteiger partial charge in [0.05, 0.1) is 5.69 Å². The standard InChI is InChI=1S/C24H17BrN2O2/c1-16(28)17-9-13-21(14-10-17)29-23-15-22(18-5-3-2-4-6-18)26-24(27-23)19-7-11-20(25)12-8-19/h2-15H,1H3. The second-order valence-corrected chi connectivity index (χ2v) is 7.39. The molecule has 0 bridgehead atoms. The van der Waals surface area contributed by atoms with E-state index in [1.165, 1.54) is 6.92 Å². The number of halogens is 1. The van der Waals surface area contributed by atoms with Crippen LogP contribution in [-0.4, -0.2) is 15.8 Å². The zero-order valence-corrected chi connectivity index (χ0v) is 17.3. The molecule has 142 valence electrons. The van der Waals surface area contributed by atoms with E-state index in [4.69, 9.17) is 9.72 Å². The van der Waals surface area contributed by atoms with Crippen molar-refractivity contribution in [2.75, 3.05) is 0 Å². The van der Waals surface area contributed by atoms with E-state index in [0.717, 1.165) is 21.3 Å². The number of hydrogen-bond donors (Lipinski definition) is 0. The second-order valence-electron chi connectivity index (χ2n) is 6.47. The molecule has 29 heavy (non-hydrogen) atoms. The van der Waals surface area contributed by atoms with Crippen LogP contribution in [0.2, 0.25) is 0 Å². The Hall–Kier alpha value is -3.31. The van der Waals surface area contributed by atoms with Crippen LogP contribution in [0.3, 0.4) is 0 Å². The fourth-order valence-corrected chi connectivity index (χ4v) is 3.10. The number of carbonyl (C=O) groups excluding carboxylic acids is 1. The number of ether oxygens (including phenoxy) is 1. The molecule has 0 aliphatic carbocycles. The molecule has 1 heterocycles. The number of carbonyl (C=O) groups is 1. The minimum absolute atomic E-state index is 0.0162. The third kappa shape index (κ3) is 4.58. The van der Waals surface area contributed by atoms with Crippen molar-refractivity contribution >= 4 is 21.7 Å². The number of aromatic nitrogens is 2. The molecule has 0 unspecified atom stereocenters. The van der Waals surface area contributed by atoms with Gasteiger partial charge in [-0.3, -0.25) is 4.79 Å². The van der Waals surface area contributed by atoms with Gasteiger partial charge >= 0.3 is 0 Å². The molecule has 0 aliphatic heterocycles. The SMILES string of the molecule is CC(=O)c1ccc(Oc2cc(-c3ccccc3)nc(-c3ccc(Br)cc3)n2)cc1. The first-order chi connectivity index (χ1) is 14.1. The first kappa shape index (κ1) is 19.0. The molecule has 0 amide bonds. The molecule has 0 fully saturated rings. The van der Waals surface area contributed by atoms with E-state index in [1.54, 1.807) is 24.3 Å². The summed E-state index contributed by atoms with van der Waals surface area (Å²) in [7, 11) is 0. The minimum Gasteiger partial charge on any atom is -0.439 e. The van der Waals surface area contributed by atoms with Crippen LogP contribution in [0.15, 0.2) is 89.4 Å². The van der Waals surface area contributed by atoms with Crippen molar-refractivity contribution in [2.24, 2.45) is 0 Å². The molecule has 0 saturated heterocycles. The summed E-state index contributed by atoms with van der Waals surface area (Å²) in [5.41, 5.74) is 3.28. The van der Waals surface area contributed by atoms with E-state index in [-0.39, 0.29) is 5.78 Å². The molecule has 0 spiro atoms. The minimum atomic E-state index is 0.0162. The number of ketones is 1. The quantitative estimate of drug-likeness (QED) is 0.326. The maximum absolute atomic E-state index is 11.5. The summed E-state index contributed by atoms with van der Waals surface area (Å²) in [5.74, 6) is 1.64. The van der Waals surface area contributed by atoms with Crippen molar-refractivity contribution < 1.29 is 9.53 Å². The Labute approximate surface area is 177 Å². The molecule has 0 atom stereocenters. The van der Waals surface area contributed by atoms with Crippen LogP contribution in [0, 0.1) is 0 Å². The summed E-state index contributed by atoms with van der Waals surface area (Å²) in [5, 5.41) is 0. The average Bonchev–Trinajstić information content (AvgIpc) is 2.75. The topological polar surface area (TPSA) is 52.1 Å². The highest BCUT2D eigenvalue weighted by Gasteiger charge is 2.11. The van der Waals surface area contributed by atoms with Crippen molar-refractivity contribution in [3.8, 4) is 34.3 Å². The predicted molar refractivity (Wildman–Crippen MR) is 117 cm³/mol. The van der Waals surface area contributed by atoms with Crippen LogP contribution in [0.4, 0.5) is 0 Å². The van der Waals surface area contributed by atoms with Crippen LogP contribution < -0.4 is 4.74 Å². The molecule has 0 aliphatic rings. The highest BCUT2D eigenvalue weighted by atomic mass is 79.9. The van der Waals surface area contributed by atoms with Crippen molar-refractivity contribution in [1.82, 2.24) is 9.97 Å². The molecule has 0 radical (unpaired) electrons. The summed E-state index contributed by atoms with van der Waals surface area (Å²) in [4.78, 5) is 20.8. The van der Waals surface area contributed by atoms with Gasteiger partial charge in [0.15, 0.2) is 11.6 Å². The first-order valence-electron chi connectivity index (χ1n) is 9.08. The number of benzene rings is 3. The van der Waals surface area contributed by atoms with Gasteiger partial charge in [-0.05, 0) is 43.3 Å². The second kappa shape index (κ2) is 8.37. The van der Waals surface area contributed by atoms with Crippen LogP contribution in [-0.2, 0) is 0 Å². The normalized spacial score (nSPS) is 10.6. The zero-order chi connectivity index (χ0) is 20.2. The molecule has 4 rings (SSSR count). The molecule has 5 heteroatoms. The van der Waals surface area contributed by atoms with E-state index >= 15 is 0 Å². The van der Waals surface area contributed by atoms with Crippen molar-refractivity contribution in [3.63, 3.8) is 0 Å². The fraction of sp³-hybridized carbons (Fsp3) is 0.0417. The van der Waals surface area contributed by atoms with E-state index in [2.05, 4.69) is 20.9 Å². The van der Waals surface area contributed by atoms with E-state index in [9.17, 15) is 4.79 Å². The van der Waals surface area contributed by atoms with Gasteiger partial charge in [-0.15, -0.1) is 0 Å². The van der Waals surface area contributed by atoms with Gasteiger partial charge in [0, 0.05) is 27.2 Å². The Kier molecular flexibility index (Phi) is 5.49. The Morgan fingerprint density at radius 3 is 2.17 bits per heavy atom. The molecular formula is C24H17BrN2O2. The number of rotatable bonds is 5. The van der Waals surface area contributed by atoms with Gasteiger partial charge in [0.25, 0.3) is 0 Å². The highest BCUT2D eigenvalue weighted by Crippen LogP contribution is 2.29. The summed E-state index contributed by atoms with van der Waals surface area (Å²) in [6, 6.07) is 26.6. The molecule has 4 aromatic rings. The summed E-state index contributed by atoms with van der Waals surface area (Å²) < 4.78 is 6.98. The van der Waals surface area contributed by atoms with Crippen LogP contribution in [0.25, 0.3) is 22.6 Å². The summed E-state index contributed by atoms with van der Waals surface area (Å²) in [6.45, 7) is 1.54. The lowest BCUT2D eigenvalue weighted by Gasteiger charge is -2.10. The Morgan fingerprint density at radius 2 is 1.52 bits per heavy atom. The maximum Gasteiger partial charge on any atom is 0.223 e. The first-order valence-corrected chi connectivity index (χ1v) is 9.87. The van der Waals surface area contributed by atoms with Gasteiger partial charge in [-0.25, -0.2) is 4.98 Å². The fourth-order valence-electron chi connectivity index (χ4n) is 2.84. The molecule has 4 nitrogen and oxygen atoms in total. The number of nitrogens with zero attached hydrogens (tertiary/aromatic N) is 2. The summed E-state index contributed by atoms with van der Waals surface area (Å²) >= 11 is 3.45. The Morgan fingerprint density at radius 1 is 0.828 bits per heavy atom. The van der Waals surface area contributed by atoms with E-state index in [1.807, 2.05) is 60.7 Å². The predicted octanol–water partition coefficient (Wildman–Crippen LogP) is 6.57. The average molecular weight is 445 g/mol. The zero-order valence-electron chi connectivity index (χ0n) is 15.7. The Balaban J connectivity index is 1.75. The molecule has 1 aromatic heterocycles. The van der Waals surface area contributed by atoms with Crippen LogP contribution >= 0.6 is 15.9 Å². The van der Waals surface area contributed by atoms with Gasteiger partial charge < -0.3 is 4.74 Å². The molecule has 3 aromatic carbocycles. The Bertz CT molecular complexity index is 1140. The maximum atomic E-state index is 11.5. The van der Waals surface area contributed by atoms with E-state index < -0.39 is 0 Å². The molecule has 0 saturated carbocycles. The van der Waals surface area contributed by atoms with Crippen molar-refractivity contribution in [1.29, 1.82) is 0 Å². The molecule has 0 N–H and O–H groups in total. The van der Waals surface area contributed by atoms with Gasteiger partial charge in [0.2, 0.25) is 5.88 Å². The number of Topliss-reactive ketones (excluding diaryl/α,β-unsaturated/α-hetero) is 1.